The lowest BCUT2D eigenvalue weighted by molar-refractivity contribution is -0.186. The zero-order valence-electron chi connectivity index (χ0n) is 23.4. The fourth-order valence-corrected chi connectivity index (χ4v) is 4.98. The summed E-state index contributed by atoms with van der Waals surface area (Å²) < 4.78 is 71.7. The van der Waals surface area contributed by atoms with E-state index in [-0.39, 0.29) is 35.9 Å². The third-order valence-corrected chi connectivity index (χ3v) is 7.13. The van der Waals surface area contributed by atoms with E-state index in [2.05, 4.69) is 15.3 Å². The molecular formula is C29H27F4N5O5. The topological polar surface area (TPSA) is 108 Å². The Labute approximate surface area is 242 Å². The summed E-state index contributed by atoms with van der Waals surface area (Å²) in [4.78, 5) is 34.1. The largest absolute Gasteiger partial charge is 0.493 e. The minimum atomic E-state index is -4.96. The van der Waals surface area contributed by atoms with Crippen LogP contribution in [0.3, 0.4) is 0 Å². The smallest absolute Gasteiger partial charge is 0.471 e. The predicted molar refractivity (Wildman–Crippen MR) is 149 cm³/mol. The van der Waals surface area contributed by atoms with Gasteiger partial charge in [0.15, 0.2) is 23.1 Å². The van der Waals surface area contributed by atoms with Gasteiger partial charge in [-0.2, -0.15) is 13.2 Å². The highest BCUT2D eigenvalue weighted by Gasteiger charge is 2.43. The van der Waals surface area contributed by atoms with Crippen molar-refractivity contribution in [3.63, 3.8) is 0 Å². The van der Waals surface area contributed by atoms with Gasteiger partial charge < -0.3 is 24.4 Å². The molecule has 2 aromatic carbocycles. The highest BCUT2D eigenvalue weighted by atomic mass is 19.4. The lowest BCUT2D eigenvalue weighted by Gasteiger charge is -2.33. The van der Waals surface area contributed by atoms with Crippen LogP contribution in [0.5, 0.6) is 23.0 Å². The zero-order chi connectivity index (χ0) is 30.9. The van der Waals surface area contributed by atoms with Crippen molar-refractivity contribution in [2.24, 2.45) is 7.05 Å². The lowest BCUT2D eigenvalue weighted by Crippen LogP contribution is -2.50. The van der Waals surface area contributed by atoms with Crippen molar-refractivity contribution >= 4 is 22.8 Å². The highest BCUT2D eigenvalue weighted by Crippen LogP contribution is 2.39. The lowest BCUT2D eigenvalue weighted by atomic mass is 10.1. The summed E-state index contributed by atoms with van der Waals surface area (Å²) in [5.74, 6) is -1.42. The van der Waals surface area contributed by atoms with Gasteiger partial charge in [-0.1, -0.05) is 6.07 Å². The second kappa shape index (κ2) is 11.8. The van der Waals surface area contributed by atoms with Gasteiger partial charge in [-0.05, 0) is 48.7 Å². The number of pyridine rings is 1. The standard InChI is InChI=1S/C29H27F4N5O5/c1-37-26(39)19(14-35-28(37)36-17-5-4-12-38(15-17)27(40)29(31,32)33)16-6-8-22(20(30)13-16)43-21-10-11-34-24-18(21)7-9-23(41-2)25(24)42-3/h6-11,13-14,17H,4-5,12,15H2,1-3H3,(H,35,36). The average Bonchev–Trinajstić information content (AvgIpc) is 2.99. The Bertz CT molecular complexity index is 1740. The summed E-state index contributed by atoms with van der Waals surface area (Å²) in [6.45, 7) is -0.191. The van der Waals surface area contributed by atoms with E-state index in [1.165, 1.54) is 50.4 Å². The van der Waals surface area contributed by atoms with Gasteiger partial charge >= 0.3 is 12.1 Å². The molecular weight excluding hydrogens is 574 g/mol. The maximum Gasteiger partial charge on any atom is 0.471 e. The number of carbonyl (C=O) groups is 1. The van der Waals surface area contributed by atoms with E-state index in [4.69, 9.17) is 14.2 Å². The number of carbonyl (C=O) groups excluding carboxylic acids is 1. The van der Waals surface area contributed by atoms with E-state index < -0.39 is 29.5 Å². The first-order chi connectivity index (χ1) is 20.5. The first kappa shape index (κ1) is 29.6. The molecule has 5 rings (SSSR count). The molecule has 0 spiro atoms. The summed E-state index contributed by atoms with van der Waals surface area (Å²) >= 11 is 0. The number of anilines is 1. The Hall–Kier alpha value is -4.88. The Morgan fingerprint density at radius 1 is 1.05 bits per heavy atom. The molecule has 0 saturated carbocycles. The number of methoxy groups -OCH3 is 2. The molecule has 0 radical (unpaired) electrons. The molecule has 1 fully saturated rings. The molecule has 2 aromatic heterocycles. The number of piperidine rings is 1. The number of nitrogens with one attached hydrogen (secondary N) is 1. The van der Waals surface area contributed by atoms with Gasteiger partial charge in [0.05, 0.1) is 19.8 Å². The predicted octanol–water partition coefficient (Wildman–Crippen LogP) is 4.91. The summed E-state index contributed by atoms with van der Waals surface area (Å²) in [6.07, 6.45) is -1.36. The number of amides is 1. The van der Waals surface area contributed by atoms with Gasteiger partial charge in [-0.25, -0.2) is 9.37 Å². The van der Waals surface area contributed by atoms with E-state index in [1.807, 2.05) is 0 Å². The second-order valence-electron chi connectivity index (χ2n) is 9.85. The van der Waals surface area contributed by atoms with Gasteiger partial charge in [0.25, 0.3) is 5.56 Å². The van der Waals surface area contributed by atoms with Crippen molar-refractivity contribution in [3.05, 3.63) is 65.0 Å². The molecule has 3 heterocycles. The van der Waals surface area contributed by atoms with Crippen molar-refractivity contribution in [1.82, 2.24) is 19.4 Å². The van der Waals surface area contributed by atoms with E-state index >= 15 is 4.39 Å². The number of fused-ring (bicyclic) bond motifs is 1. The molecule has 43 heavy (non-hydrogen) atoms. The number of halogens is 4. The van der Waals surface area contributed by atoms with Gasteiger partial charge in [0.1, 0.15) is 11.3 Å². The van der Waals surface area contributed by atoms with Crippen LogP contribution in [-0.2, 0) is 11.8 Å². The number of rotatable bonds is 7. The molecule has 1 aliphatic rings. The molecule has 0 bridgehead atoms. The number of aromatic nitrogens is 3. The van der Waals surface area contributed by atoms with Crippen LogP contribution in [0.4, 0.5) is 23.5 Å². The molecule has 1 amide bonds. The van der Waals surface area contributed by atoms with E-state index in [1.54, 1.807) is 18.2 Å². The maximum absolute atomic E-state index is 15.3. The van der Waals surface area contributed by atoms with Crippen molar-refractivity contribution in [1.29, 1.82) is 0 Å². The normalized spacial score (nSPS) is 15.3. The number of ether oxygens (including phenoxy) is 3. The quantitative estimate of drug-likeness (QED) is 0.298. The molecule has 4 aromatic rings. The van der Waals surface area contributed by atoms with Gasteiger partial charge in [0, 0.05) is 44.0 Å². The number of benzene rings is 2. The molecule has 1 atom stereocenters. The van der Waals surface area contributed by atoms with Crippen molar-refractivity contribution in [3.8, 4) is 34.1 Å². The molecule has 1 saturated heterocycles. The van der Waals surface area contributed by atoms with Crippen LogP contribution in [0, 0.1) is 5.82 Å². The minimum absolute atomic E-state index is 0.00653. The van der Waals surface area contributed by atoms with Crippen LogP contribution in [-0.4, -0.2) is 64.9 Å². The number of nitrogens with zero attached hydrogens (tertiary/aromatic N) is 4. The number of alkyl halides is 3. The molecule has 1 N–H and O–H groups in total. The third-order valence-electron chi connectivity index (χ3n) is 7.13. The van der Waals surface area contributed by atoms with Crippen LogP contribution >= 0.6 is 0 Å². The van der Waals surface area contributed by atoms with Crippen LogP contribution in [0.15, 0.2) is 53.6 Å². The summed E-state index contributed by atoms with van der Waals surface area (Å²) in [6, 6.07) is 8.49. The molecule has 1 unspecified atom stereocenters. The number of likely N-dealkylation sites (tertiary alicyclic amines) is 1. The van der Waals surface area contributed by atoms with E-state index in [0.29, 0.717) is 41.0 Å². The fourth-order valence-electron chi connectivity index (χ4n) is 4.98. The number of hydrogen-bond acceptors (Lipinski definition) is 8. The van der Waals surface area contributed by atoms with E-state index in [9.17, 15) is 22.8 Å². The minimum Gasteiger partial charge on any atom is -0.493 e. The fraction of sp³-hybridized carbons (Fsp3) is 0.310. The molecule has 10 nitrogen and oxygen atoms in total. The van der Waals surface area contributed by atoms with Crippen molar-refractivity contribution < 1.29 is 36.6 Å². The second-order valence-corrected chi connectivity index (χ2v) is 9.85. The first-order valence-electron chi connectivity index (χ1n) is 13.2. The molecule has 226 valence electrons. The Kier molecular flexibility index (Phi) is 8.11. The van der Waals surface area contributed by atoms with Gasteiger partial charge in [-0.15, -0.1) is 0 Å². The van der Waals surface area contributed by atoms with Crippen molar-refractivity contribution in [2.45, 2.75) is 25.1 Å². The number of hydrogen-bond donors (Lipinski definition) is 1. The molecule has 0 aliphatic carbocycles. The monoisotopic (exact) mass is 601 g/mol. The first-order valence-corrected chi connectivity index (χ1v) is 13.2. The van der Waals surface area contributed by atoms with Crippen LogP contribution < -0.4 is 25.1 Å². The zero-order valence-corrected chi connectivity index (χ0v) is 23.4. The Morgan fingerprint density at radius 3 is 2.51 bits per heavy atom. The van der Waals surface area contributed by atoms with Crippen molar-refractivity contribution in [2.75, 3.05) is 32.6 Å². The Morgan fingerprint density at radius 2 is 1.81 bits per heavy atom. The van der Waals surface area contributed by atoms with Crippen LogP contribution in [0.2, 0.25) is 0 Å². The maximum atomic E-state index is 15.3. The molecule has 1 aliphatic heterocycles. The van der Waals surface area contributed by atoms with Gasteiger partial charge in [-0.3, -0.25) is 19.1 Å². The third kappa shape index (κ3) is 5.90. The van der Waals surface area contributed by atoms with Gasteiger partial charge in [0.2, 0.25) is 5.95 Å². The summed E-state index contributed by atoms with van der Waals surface area (Å²) in [5.41, 5.74) is 0.302. The summed E-state index contributed by atoms with van der Waals surface area (Å²) in [5, 5.41) is 3.52. The molecule has 14 heteroatoms. The van der Waals surface area contributed by atoms with Crippen LogP contribution in [0.25, 0.3) is 22.0 Å². The van der Waals surface area contributed by atoms with Crippen LogP contribution in [0.1, 0.15) is 12.8 Å². The average molecular weight is 602 g/mol. The summed E-state index contributed by atoms with van der Waals surface area (Å²) in [7, 11) is 4.42. The highest BCUT2D eigenvalue weighted by molar-refractivity contribution is 5.92. The van der Waals surface area contributed by atoms with E-state index in [0.717, 1.165) is 11.0 Å². The Balaban J connectivity index is 1.36. The SMILES string of the molecule is COc1ccc2c(Oc3ccc(-c4cnc(NC5CCCN(C(=O)C(F)(F)F)C5)n(C)c4=O)cc3F)ccnc2c1OC.